The van der Waals surface area contributed by atoms with Crippen LogP contribution in [0.3, 0.4) is 0 Å². The van der Waals surface area contributed by atoms with Gasteiger partial charge < -0.3 is 15.2 Å². The average molecular weight is 478 g/mol. The molecule has 2 fully saturated rings. The van der Waals surface area contributed by atoms with Crippen LogP contribution in [0.1, 0.15) is 58.1 Å². The second-order valence-corrected chi connectivity index (χ2v) is 10.7. The van der Waals surface area contributed by atoms with Gasteiger partial charge in [0.25, 0.3) is 0 Å². The molecule has 1 saturated carbocycles. The maximum absolute atomic E-state index is 9.76. The van der Waals surface area contributed by atoms with Gasteiger partial charge in [0.1, 0.15) is 5.82 Å². The lowest BCUT2D eigenvalue weighted by Gasteiger charge is -2.35. The minimum absolute atomic E-state index is 0.0689. The van der Waals surface area contributed by atoms with Crippen molar-refractivity contribution in [1.29, 1.82) is 0 Å². The van der Waals surface area contributed by atoms with Crippen LogP contribution in [0.15, 0.2) is 24.4 Å². The Bertz CT molecular complexity index is 929. The Hall–Kier alpha value is -1.40. The molecule has 7 heteroatoms. The molecule has 1 unspecified atom stereocenters. The number of hydrogen-bond donors (Lipinski definition) is 2. The highest BCUT2D eigenvalue weighted by Gasteiger charge is 2.28. The minimum atomic E-state index is -0.148. The number of pyridine rings is 2. The summed E-state index contributed by atoms with van der Waals surface area (Å²) in [6, 6.07) is 5.81. The lowest BCUT2D eigenvalue weighted by Crippen LogP contribution is -2.36. The average Bonchev–Trinajstić information content (AvgIpc) is 2.75. The van der Waals surface area contributed by atoms with Crippen LogP contribution in [0.2, 0.25) is 10.0 Å². The number of rotatable bonds is 6. The summed E-state index contributed by atoms with van der Waals surface area (Å²) in [4.78, 5) is 9.35. The molecule has 1 atom stereocenters. The summed E-state index contributed by atoms with van der Waals surface area (Å²) < 4.78 is 5.83. The molecule has 2 aromatic heterocycles. The number of halogens is 2. The van der Waals surface area contributed by atoms with Crippen molar-refractivity contribution in [3.8, 4) is 11.3 Å². The van der Waals surface area contributed by atoms with Gasteiger partial charge in [0.2, 0.25) is 0 Å². The highest BCUT2D eigenvalue weighted by Crippen LogP contribution is 2.35. The summed E-state index contributed by atoms with van der Waals surface area (Å²) in [6.07, 6.45) is 8.31. The third kappa shape index (κ3) is 6.13. The normalized spacial score (nSPS) is 25.5. The monoisotopic (exact) mass is 477 g/mol. The van der Waals surface area contributed by atoms with Crippen molar-refractivity contribution in [1.82, 2.24) is 9.97 Å². The summed E-state index contributed by atoms with van der Waals surface area (Å²) >= 11 is 13.1. The first-order chi connectivity index (χ1) is 15.3. The van der Waals surface area contributed by atoms with Crippen LogP contribution in [0.25, 0.3) is 11.3 Å². The molecule has 32 heavy (non-hydrogen) atoms. The predicted molar refractivity (Wildman–Crippen MR) is 130 cm³/mol. The fraction of sp³-hybridized carbons (Fsp3) is 0.600. The van der Waals surface area contributed by atoms with Gasteiger partial charge in [0.05, 0.1) is 27.4 Å². The molecule has 0 radical (unpaired) electrons. The molecule has 174 valence electrons. The smallest absolute Gasteiger partial charge is 0.126 e. The van der Waals surface area contributed by atoms with E-state index < -0.39 is 0 Å². The molecule has 1 aliphatic carbocycles. The number of ether oxygens (including phenoxy) is 1. The summed E-state index contributed by atoms with van der Waals surface area (Å²) in [7, 11) is 0. The molecule has 3 heterocycles. The van der Waals surface area contributed by atoms with Gasteiger partial charge in [-0.15, -0.1) is 0 Å². The van der Waals surface area contributed by atoms with Crippen LogP contribution in [0, 0.1) is 11.8 Å². The molecule has 2 aliphatic rings. The molecule has 1 aliphatic heterocycles. The van der Waals surface area contributed by atoms with E-state index in [2.05, 4.69) is 24.1 Å². The largest absolute Gasteiger partial charge is 0.393 e. The zero-order chi connectivity index (χ0) is 22.7. The van der Waals surface area contributed by atoms with Crippen LogP contribution in [0.5, 0.6) is 0 Å². The predicted octanol–water partition coefficient (Wildman–Crippen LogP) is 6.16. The molecule has 1 saturated heterocycles. The third-order valence-corrected chi connectivity index (χ3v) is 7.30. The van der Waals surface area contributed by atoms with Crippen LogP contribution in [0.4, 0.5) is 5.82 Å². The van der Waals surface area contributed by atoms with Crippen molar-refractivity contribution in [2.45, 2.75) is 70.5 Å². The van der Waals surface area contributed by atoms with Gasteiger partial charge in [0.15, 0.2) is 0 Å². The zero-order valence-corrected chi connectivity index (χ0v) is 20.4. The number of nitrogens with zero attached hydrogens (tertiary/aromatic N) is 2. The van der Waals surface area contributed by atoms with Gasteiger partial charge in [-0.1, -0.05) is 23.2 Å². The first kappa shape index (κ1) is 23.7. The fourth-order valence-corrected chi connectivity index (χ4v) is 5.33. The molecule has 0 spiro atoms. The Morgan fingerprint density at radius 3 is 2.62 bits per heavy atom. The van der Waals surface area contributed by atoms with Gasteiger partial charge in [0, 0.05) is 30.6 Å². The summed E-state index contributed by atoms with van der Waals surface area (Å²) in [5.41, 5.74) is 2.41. The fourth-order valence-electron chi connectivity index (χ4n) is 4.93. The molecule has 0 amide bonds. The van der Waals surface area contributed by atoms with Crippen molar-refractivity contribution in [3.63, 3.8) is 0 Å². The Morgan fingerprint density at radius 2 is 1.88 bits per heavy atom. The lowest BCUT2D eigenvalue weighted by atomic mass is 9.84. The second kappa shape index (κ2) is 10.3. The van der Waals surface area contributed by atoms with E-state index in [4.69, 9.17) is 32.9 Å². The Kier molecular flexibility index (Phi) is 7.61. The highest BCUT2D eigenvalue weighted by molar-refractivity contribution is 6.36. The number of aromatic nitrogens is 2. The number of aliphatic hydroxyl groups is 1. The molecule has 5 nitrogen and oxygen atoms in total. The number of hydrogen-bond acceptors (Lipinski definition) is 5. The third-order valence-electron chi connectivity index (χ3n) is 6.70. The van der Waals surface area contributed by atoms with Crippen LogP contribution < -0.4 is 5.32 Å². The second-order valence-electron chi connectivity index (χ2n) is 9.91. The van der Waals surface area contributed by atoms with E-state index in [0.29, 0.717) is 27.6 Å². The van der Waals surface area contributed by atoms with Gasteiger partial charge >= 0.3 is 0 Å². The van der Waals surface area contributed by atoms with E-state index in [1.807, 2.05) is 18.2 Å². The van der Waals surface area contributed by atoms with E-state index >= 15 is 0 Å². The van der Waals surface area contributed by atoms with Crippen molar-refractivity contribution in [2.24, 2.45) is 11.8 Å². The minimum Gasteiger partial charge on any atom is -0.393 e. The molecule has 0 bridgehead atoms. The highest BCUT2D eigenvalue weighted by atomic mass is 35.5. The standard InChI is InChI=1S/C25H33Cl2N3O2/c1-25(2)13-17(9-10-32-25)14-29-23-8-7-21(26)24(30-23)20-12-18(28-15-22(20)27)11-16-3-5-19(31)6-4-16/h7-8,12,15-17,19,31H,3-6,9-11,13-14H2,1-2H3,(H,29,30). The number of nitrogens with one attached hydrogen (secondary N) is 1. The van der Waals surface area contributed by atoms with Crippen molar-refractivity contribution in [3.05, 3.63) is 40.1 Å². The van der Waals surface area contributed by atoms with Gasteiger partial charge in [-0.05, 0) is 88.8 Å². The van der Waals surface area contributed by atoms with Crippen molar-refractivity contribution < 1.29 is 9.84 Å². The van der Waals surface area contributed by atoms with Crippen molar-refractivity contribution in [2.75, 3.05) is 18.5 Å². The summed E-state index contributed by atoms with van der Waals surface area (Å²) in [5, 5.41) is 14.4. The number of anilines is 1. The zero-order valence-electron chi connectivity index (χ0n) is 18.9. The SMILES string of the molecule is CC1(C)CC(CNc2ccc(Cl)c(-c3cc(CC4CCC(O)CC4)ncc3Cl)n2)CCO1. The first-order valence-corrected chi connectivity index (χ1v) is 12.4. The van der Waals surface area contributed by atoms with E-state index in [1.165, 1.54) is 0 Å². The Labute approximate surface area is 200 Å². The molecule has 4 rings (SSSR count). The quantitative estimate of drug-likeness (QED) is 0.521. The molecule has 2 aromatic rings. The maximum Gasteiger partial charge on any atom is 0.126 e. The molecular formula is C25H33Cl2N3O2. The summed E-state index contributed by atoms with van der Waals surface area (Å²) in [5.74, 6) is 1.88. The van der Waals surface area contributed by atoms with E-state index in [0.717, 1.165) is 75.2 Å². The Morgan fingerprint density at radius 1 is 1.09 bits per heavy atom. The topological polar surface area (TPSA) is 67.3 Å². The molecule has 2 N–H and O–H groups in total. The van der Waals surface area contributed by atoms with E-state index in [-0.39, 0.29) is 11.7 Å². The molecule has 0 aromatic carbocycles. The van der Waals surface area contributed by atoms with Gasteiger partial charge in [-0.25, -0.2) is 4.98 Å². The van der Waals surface area contributed by atoms with Crippen LogP contribution >= 0.6 is 23.2 Å². The van der Waals surface area contributed by atoms with Gasteiger partial charge in [-0.2, -0.15) is 0 Å². The summed E-state index contributed by atoms with van der Waals surface area (Å²) in [6.45, 7) is 5.95. The van der Waals surface area contributed by atoms with Gasteiger partial charge in [-0.3, -0.25) is 4.98 Å². The lowest BCUT2D eigenvalue weighted by molar-refractivity contribution is -0.0699. The number of aliphatic hydroxyl groups excluding tert-OH is 1. The maximum atomic E-state index is 9.76. The molecular weight excluding hydrogens is 445 g/mol. The first-order valence-electron chi connectivity index (χ1n) is 11.7. The van der Waals surface area contributed by atoms with Crippen molar-refractivity contribution >= 4 is 29.0 Å². The Balaban J connectivity index is 1.48. The van der Waals surface area contributed by atoms with E-state index in [1.54, 1.807) is 6.20 Å². The van der Waals surface area contributed by atoms with Crippen LogP contribution in [-0.2, 0) is 11.2 Å². The van der Waals surface area contributed by atoms with E-state index in [9.17, 15) is 5.11 Å². The van der Waals surface area contributed by atoms with Crippen LogP contribution in [-0.4, -0.2) is 39.9 Å².